The molecule has 112 valence electrons. The molecule has 3 aliphatic rings. The number of amides is 1. The van der Waals surface area contributed by atoms with E-state index in [2.05, 4.69) is 34.5 Å². The molecule has 3 atom stereocenters. The van der Waals surface area contributed by atoms with Crippen molar-refractivity contribution in [2.75, 3.05) is 13.2 Å². The minimum Gasteiger partial charge on any atom is -0.374 e. The maximum absolute atomic E-state index is 12.9. The molecule has 0 bridgehead atoms. The topological polar surface area (TPSA) is 41.6 Å². The molecule has 1 saturated carbocycles. The van der Waals surface area contributed by atoms with E-state index in [1.807, 2.05) is 0 Å². The lowest BCUT2D eigenvalue weighted by Crippen LogP contribution is -2.57. The number of fused-ring (bicyclic) bond motifs is 2. The largest absolute Gasteiger partial charge is 0.374 e. The summed E-state index contributed by atoms with van der Waals surface area (Å²) in [4.78, 5) is 15.0. The zero-order valence-corrected chi connectivity index (χ0v) is 12.3. The van der Waals surface area contributed by atoms with Crippen LogP contribution < -0.4 is 5.32 Å². The van der Waals surface area contributed by atoms with Crippen molar-refractivity contribution in [3.63, 3.8) is 0 Å². The van der Waals surface area contributed by atoms with Crippen LogP contribution >= 0.6 is 0 Å². The van der Waals surface area contributed by atoms with Gasteiger partial charge in [0.2, 0.25) is 5.91 Å². The quantitative estimate of drug-likeness (QED) is 0.850. The Morgan fingerprint density at radius 1 is 1.24 bits per heavy atom. The number of hydrogen-bond acceptors (Lipinski definition) is 3. The van der Waals surface area contributed by atoms with Gasteiger partial charge < -0.3 is 15.0 Å². The zero-order valence-electron chi connectivity index (χ0n) is 12.3. The van der Waals surface area contributed by atoms with E-state index in [0.29, 0.717) is 12.6 Å². The van der Waals surface area contributed by atoms with Gasteiger partial charge in [-0.15, -0.1) is 0 Å². The number of carbonyl (C=O) groups excluding carboxylic acids is 1. The Kier molecular flexibility index (Phi) is 3.43. The maximum atomic E-state index is 12.9. The third-order valence-electron chi connectivity index (χ3n) is 5.14. The van der Waals surface area contributed by atoms with E-state index in [1.165, 1.54) is 17.5 Å². The van der Waals surface area contributed by atoms with Crippen LogP contribution in [-0.4, -0.2) is 42.1 Å². The lowest BCUT2D eigenvalue weighted by Gasteiger charge is -2.40. The molecule has 4 nitrogen and oxygen atoms in total. The molecule has 1 N–H and O–H groups in total. The standard InChI is InChI=1S/C17H22N2O2/c20-17(19-8-9-21-16-7-3-6-15(16)19)14-10-12-4-1-2-5-13(12)11-18-14/h1-2,4-5,14-16,18H,3,6-11H2/t14-,15?,16?/m0/s1. The summed E-state index contributed by atoms with van der Waals surface area (Å²) in [5, 5.41) is 3.42. The van der Waals surface area contributed by atoms with Gasteiger partial charge in [0.25, 0.3) is 0 Å². The number of benzene rings is 1. The van der Waals surface area contributed by atoms with Gasteiger partial charge >= 0.3 is 0 Å². The van der Waals surface area contributed by atoms with E-state index in [1.54, 1.807) is 0 Å². The second-order valence-electron chi connectivity index (χ2n) is 6.35. The third-order valence-corrected chi connectivity index (χ3v) is 5.14. The molecule has 4 rings (SSSR count). The SMILES string of the molecule is O=C([C@@H]1Cc2ccccc2CN1)N1CCOC2CCCC21. The Bertz CT molecular complexity index is 545. The predicted octanol–water partition coefficient (Wildman–Crippen LogP) is 1.48. The zero-order chi connectivity index (χ0) is 14.2. The van der Waals surface area contributed by atoms with Crippen molar-refractivity contribution >= 4 is 5.91 Å². The predicted molar refractivity (Wildman–Crippen MR) is 79.9 cm³/mol. The van der Waals surface area contributed by atoms with Crippen molar-refractivity contribution in [3.05, 3.63) is 35.4 Å². The highest BCUT2D eigenvalue weighted by Crippen LogP contribution is 2.30. The fourth-order valence-electron chi connectivity index (χ4n) is 4.03. The van der Waals surface area contributed by atoms with Gasteiger partial charge in [-0.2, -0.15) is 0 Å². The van der Waals surface area contributed by atoms with Crippen molar-refractivity contribution in [2.24, 2.45) is 0 Å². The van der Waals surface area contributed by atoms with E-state index >= 15 is 0 Å². The van der Waals surface area contributed by atoms with Crippen LogP contribution in [0.4, 0.5) is 0 Å². The summed E-state index contributed by atoms with van der Waals surface area (Å²) in [7, 11) is 0. The smallest absolute Gasteiger partial charge is 0.240 e. The first-order valence-electron chi connectivity index (χ1n) is 8.05. The van der Waals surface area contributed by atoms with E-state index in [0.717, 1.165) is 32.4 Å². The van der Waals surface area contributed by atoms with Gasteiger partial charge in [-0.05, 0) is 36.8 Å². The first-order valence-corrected chi connectivity index (χ1v) is 8.05. The highest BCUT2D eigenvalue weighted by molar-refractivity contribution is 5.83. The van der Waals surface area contributed by atoms with Crippen molar-refractivity contribution < 1.29 is 9.53 Å². The van der Waals surface area contributed by atoms with Gasteiger partial charge in [0, 0.05) is 13.1 Å². The summed E-state index contributed by atoms with van der Waals surface area (Å²) in [6, 6.07) is 8.66. The second kappa shape index (κ2) is 5.43. The van der Waals surface area contributed by atoms with Crippen LogP contribution in [0, 0.1) is 0 Å². The fraction of sp³-hybridized carbons (Fsp3) is 0.588. The molecule has 4 heteroatoms. The number of rotatable bonds is 1. The number of nitrogens with zero attached hydrogens (tertiary/aromatic N) is 1. The van der Waals surface area contributed by atoms with Crippen molar-refractivity contribution in [3.8, 4) is 0 Å². The molecular formula is C17H22N2O2. The van der Waals surface area contributed by atoms with E-state index < -0.39 is 0 Å². The molecule has 0 spiro atoms. The maximum Gasteiger partial charge on any atom is 0.240 e. The highest BCUT2D eigenvalue weighted by Gasteiger charge is 2.40. The lowest BCUT2D eigenvalue weighted by molar-refractivity contribution is -0.146. The summed E-state index contributed by atoms with van der Waals surface area (Å²) < 4.78 is 5.81. The molecule has 1 aromatic rings. The van der Waals surface area contributed by atoms with E-state index in [4.69, 9.17) is 4.74 Å². The lowest BCUT2D eigenvalue weighted by atomic mass is 9.94. The summed E-state index contributed by atoms with van der Waals surface area (Å²) in [5.41, 5.74) is 2.63. The van der Waals surface area contributed by atoms with Crippen LogP contribution in [0.25, 0.3) is 0 Å². The highest BCUT2D eigenvalue weighted by atomic mass is 16.5. The van der Waals surface area contributed by atoms with Crippen molar-refractivity contribution in [2.45, 2.75) is 50.4 Å². The van der Waals surface area contributed by atoms with Crippen LogP contribution in [0.5, 0.6) is 0 Å². The molecular weight excluding hydrogens is 264 g/mol. The first-order chi connectivity index (χ1) is 10.3. The van der Waals surface area contributed by atoms with Gasteiger partial charge in [-0.25, -0.2) is 0 Å². The summed E-state index contributed by atoms with van der Waals surface area (Å²) in [6.07, 6.45) is 4.47. The Labute approximate surface area is 125 Å². The summed E-state index contributed by atoms with van der Waals surface area (Å²) in [5.74, 6) is 0.268. The van der Waals surface area contributed by atoms with Crippen LogP contribution in [0.15, 0.2) is 24.3 Å². The summed E-state index contributed by atoms with van der Waals surface area (Å²) >= 11 is 0. The Hall–Kier alpha value is -1.39. The third kappa shape index (κ3) is 2.36. The van der Waals surface area contributed by atoms with Gasteiger partial charge in [-0.1, -0.05) is 24.3 Å². The normalized spacial score (nSPS) is 31.6. The Balaban J connectivity index is 1.50. The average molecular weight is 286 g/mol. The number of morpholine rings is 1. The second-order valence-corrected chi connectivity index (χ2v) is 6.35. The molecule has 0 aromatic heterocycles. The van der Waals surface area contributed by atoms with Crippen molar-refractivity contribution in [1.82, 2.24) is 10.2 Å². The van der Waals surface area contributed by atoms with Crippen LogP contribution in [0.1, 0.15) is 30.4 Å². The van der Waals surface area contributed by atoms with E-state index in [9.17, 15) is 4.79 Å². The number of nitrogens with one attached hydrogen (secondary N) is 1. The van der Waals surface area contributed by atoms with Crippen LogP contribution in [-0.2, 0) is 22.5 Å². The molecule has 0 radical (unpaired) electrons. The molecule has 2 unspecified atom stereocenters. The molecule has 21 heavy (non-hydrogen) atoms. The number of carbonyl (C=O) groups is 1. The molecule has 2 aliphatic heterocycles. The van der Waals surface area contributed by atoms with Gasteiger partial charge in [-0.3, -0.25) is 4.79 Å². The fourth-order valence-corrected chi connectivity index (χ4v) is 4.03. The van der Waals surface area contributed by atoms with Gasteiger partial charge in [0.15, 0.2) is 0 Å². The van der Waals surface area contributed by atoms with Gasteiger partial charge in [0.1, 0.15) is 0 Å². The van der Waals surface area contributed by atoms with Crippen LogP contribution in [0.3, 0.4) is 0 Å². The molecule has 2 heterocycles. The number of ether oxygens (including phenoxy) is 1. The molecule has 1 saturated heterocycles. The number of hydrogen-bond donors (Lipinski definition) is 1. The monoisotopic (exact) mass is 286 g/mol. The summed E-state index contributed by atoms with van der Waals surface area (Å²) in [6.45, 7) is 2.24. The molecule has 2 fully saturated rings. The Morgan fingerprint density at radius 2 is 2.10 bits per heavy atom. The average Bonchev–Trinajstić information content (AvgIpc) is 3.02. The van der Waals surface area contributed by atoms with Crippen LogP contribution in [0.2, 0.25) is 0 Å². The minimum atomic E-state index is -0.0701. The van der Waals surface area contributed by atoms with Crippen molar-refractivity contribution in [1.29, 1.82) is 0 Å². The molecule has 1 aliphatic carbocycles. The Morgan fingerprint density at radius 3 is 3.00 bits per heavy atom. The van der Waals surface area contributed by atoms with E-state index in [-0.39, 0.29) is 18.1 Å². The van der Waals surface area contributed by atoms with Gasteiger partial charge in [0.05, 0.1) is 24.8 Å². The molecule has 1 amide bonds. The minimum absolute atomic E-state index is 0.0701. The first kappa shape index (κ1) is 13.3. The molecule has 1 aromatic carbocycles.